The Morgan fingerprint density at radius 3 is 2.42 bits per heavy atom. The van der Waals surface area contributed by atoms with Crippen LogP contribution in [-0.2, 0) is 14.8 Å². The van der Waals surface area contributed by atoms with Gasteiger partial charge < -0.3 is 10.1 Å². The van der Waals surface area contributed by atoms with Crippen molar-refractivity contribution in [3.05, 3.63) is 53.1 Å². The van der Waals surface area contributed by atoms with E-state index in [0.717, 1.165) is 10.6 Å². The molecule has 6 nitrogen and oxygen atoms in total. The Bertz CT molecular complexity index is 883. The molecule has 0 atom stereocenters. The number of benzene rings is 2. The van der Waals surface area contributed by atoms with Gasteiger partial charge in [0.15, 0.2) is 0 Å². The van der Waals surface area contributed by atoms with Crippen LogP contribution in [0.25, 0.3) is 0 Å². The summed E-state index contributed by atoms with van der Waals surface area (Å²) >= 11 is 6.08. The van der Waals surface area contributed by atoms with Crippen LogP contribution in [0.1, 0.15) is 12.5 Å². The van der Waals surface area contributed by atoms with E-state index in [-0.39, 0.29) is 6.54 Å². The van der Waals surface area contributed by atoms with Gasteiger partial charge in [0.2, 0.25) is 15.9 Å². The molecule has 0 fully saturated rings. The van der Waals surface area contributed by atoms with Gasteiger partial charge in [0.25, 0.3) is 0 Å². The van der Waals surface area contributed by atoms with E-state index in [9.17, 15) is 13.2 Å². The molecular weight excluding hydrogens is 376 g/mol. The second-order valence-electron chi connectivity index (χ2n) is 5.66. The highest BCUT2D eigenvalue weighted by Crippen LogP contribution is 2.28. The van der Waals surface area contributed by atoms with Crippen molar-refractivity contribution in [1.29, 1.82) is 0 Å². The number of hydrogen-bond acceptors (Lipinski definition) is 4. The van der Waals surface area contributed by atoms with E-state index in [0.29, 0.717) is 34.3 Å². The summed E-state index contributed by atoms with van der Waals surface area (Å²) in [6.45, 7) is 3.79. The summed E-state index contributed by atoms with van der Waals surface area (Å²) in [6.07, 6.45) is 1.05. The Hall–Kier alpha value is -2.25. The number of carbonyl (C=O) groups is 1. The van der Waals surface area contributed by atoms with Gasteiger partial charge in [-0.2, -0.15) is 0 Å². The van der Waals surface area contributed by atoms with Crippen LogP contribution in [0.4, 0.5) is 11.4 Å². The van der Waals surface area contributed by atoms with Gasteiger partial charge in [-0.05, 0) is 55.8 Å². The molecule has 2 aromatic rings. The van der Waals surface area contributed by atoms with Crippen molar-refractivity contribution >= 4 is 38.9 Å². The molecular formula is C18H21ClN2O4S. The van der Waals surface area contributed by atoms with Crippen LogP contribution in [0.2, 0.25) is 5.02 Å². The molecule has 0 saturated heterocycles. The van der Waals surface area contributed by atoms with Crippen molar-refractivity contribution in [2.75, 3.05) is 29.0 Å². The SMILES string of the molecule is CCOc1ccc(NC(=O)CN(c2cccc(Cl)c2C)S(C)(=O)=O)cc1. The van der Waals surface area contributed by atoms with Gasteiger partial charge in [-0.15, -0.1) is 0 Å². The number of carbonyl (C=O) groups excluding carboxylic acids is 1. The molecule has 1 N–H and O–H groups in total. The molecule has 1 amide bonds. The third-order valence-electron chi connectivity index (χ3n) is 3.64. The summed E-state index contributed by atoms with van der Waals surface area (Å²) in [4.78, 5) is 12.4. The lowest BCUT2D eigenvalue weighted by atomic mass is 10.2. The molecule has 0 spiro atoms. The summed E-state index contributed by atoms with van der Waals surface area (Å²) < 4.78 is 30.8. The first-order valence-electron chi connectivity index (χ1n) is 7.98. The van der Waals surface area contributed by atoms with Crippen LogP contribution >= 0.6 is 11.6 Å². The molecule has 0 aliphatic heterocycles. The van der Waals surface area contributed by atoms with Crippen molar-refractivity contribution < 1.29 is 17.9 Å². The van der Waals surface area contributed by atoms with Gasteiger partial charge in [-0.3, -0.25) is 9.10 Å². The molecule has 0 aliphatic carbocycles. The predicted molar refractivity (Wildman–Crippen MR) is 105 cm³/mol. The maximum atomic E-state index is 12.4. The van der Waals surface area contributed by atoms with Crippen molar-refractivity contribution in [1.82, 2.24) is 0 Å². The zero-order valence-corrected chi connectivity index (χ0v) is 16.4. The third-order valence-corrected chi connectivity index (χ3v) is 5.18. The molecule has 2 rings (SSSR count). The zero-order chi connectivity index (χ0) is 19.3. The van der Waals surface area contributed by atoms with Gasteiger partial charge >= 0.3 is 0 Å². The van der Waals surface area contributed by atoms with E-state index in [2.05, 4.69) is 5.32 Å². The Kier molecular flexibility index (Phi) is 6.50. The van der Waals surface area contributed by atoms with Crippen LogP contribution in [0.15, 0.2) is 42.5 Å². The minimum Gasteiger partial charge on any atom is -0.494 e. The number of ether oxygens (including phenoxy) is 1. The summed E-state index contributed by atoms with van der Waals surface area (Å²) in [5.74, 6) is 0.233. The Labute approximate surface area is 158 Å². The molecule has 0 aromatic heterocycles. The maximum Gasteiger partial charge on any atom is 0.245 e. The highest BCUT2D eigenvalue weighted by molar-refractivity contribution is 7.92. The van der Waals surface area contributed by atoms with E-state index in [1.54, 1.807) is 49.4 Å². The highest BCUT2D eigenvalue weighted by Gasteiger charge is 2.23. The molecule has 0 unspecified atom stereocenters. The lowest BCUT2D eigenvalue weighted by molar-refractivity contribution is -0.114. The number of amides is 1. The van der Waals surface area contributed by atoms with Gasteiger partial charge in [0, 0.05) is 10.7 Å². The summed E-state index contributed by atoms with van der Waals surface area (Å²) in [7, 11) is -3.66. The molecule has 2 aromatic carbocycles. The average molecular weight is 397 g/mol. The number of sulfonamides is 1. The number of halogens is 1. The fourth-order valence-corrected chi connectivity index (χ4v) is 3.46. The van der Waals surface area contributed by atoms with Gasteiger partial charge in [0.1, 0.15) is 12.3 Å². The molecule has 0 saturated carbocycles. The molecule has 140 valence electrons. The molecule has 0 heterocycles. The minimum atomic E-state index is -3.66. The largest absolute Gasteiger partial charge is 0.494 e. The fourth-order valence-electron chi connectivity index (χ4n) is 2.38. The van der Waals surface area contributed by atoms with E-state index in [1.165, 1.54) is 0 Å². The maximum absolute atomic E-state index is 12.4. The fraction of sp³-hybridized carbons (Fsp3) is 0.278. The van der Waals surface area contributed by atoms with E-state index in [4.69, 9.17) is 16.3 Å². The van der Waals surface area contributed by atoms with Crippen LogP contribution < -0.4 is 14.4 Å². The Morgan fingerprint density at radius 1 is 1.19 bits per heavy atom. The Morgan fingerprint density at radius 2 is 1.85 bits per heavy atom. The molecule has 26 heavy (non-hydrogen) atoms. The van der Waals surface area contributed by atoms with E-state index >= 15 is 0 Å². The smallest absolute Gasteiger partial charge is 0.245 e. The number of rotatable bonds is 7. The zero-order valence-electron chi connectivity index (χ0n) is 14.8. The molecule has 0 radical (unpaired) electrons. The van der Waals surface area contributed by atoms with Crippen molar-refractivity contribution in [3.8, 4) is 5.75 Å². The standard InChI is InChI=1S/C18H21ClN2O4S/c1-4-25-15-10-8-14(9-11-15)20-18(22)12-21(26(3,23)24)17-7-5-6-16(19)13(17)2/h5-11H,4,12H2,1-3H3,(H,20,22). The van der Waals surface area contributed by atoms with Crippen molar-refractivity contribution in [2.24, 2.45) is 0 Å². The number of nitrogens with one attached hydrogen (secondary N) is 1. The number of hydrogen-bond donors (Lipinski definition) is 1. The summed E-state index contributed by atoms with van der Waals surface area (Å²) in [5.41, 5.74) is 1.52. The van der Waals surface area contributed by atoms with Crippen LogP contribution in [0.5, 0.6) is 5.75 Å². The third kappa shape index (κ3) is 5.12. The van der Waals surface area contributed by atoms with Crippen LogP contribution in [0, 0.1) is 6.92 Å². The highest BCUT2D eigenvalue weighted by atomic mass is 35.5. The van der Waals surface area contributed by atoms with E-state index < -0.39 is 15.9 Å². The van der Waals surface area contributed by atoms with Gasteiger partial charge in [-0.1, -0.05) is 17.7 Å². The second-order valence-corrected chi connectivity index (χ2v) is 7.97. The van der Waals surface area contributed by atoms with Gasteiger partial charge in [0.05, 0.1) is 18.6 Å². The Balaban J connectivity index is 2.18. The first-order valence-corrected chi connectivity index (χ1v) is 10.2. The summed E-state index contributed by atoms with van der Waals surface area (Å²) in [6, 6.07) is 11.8. The number of anilines is 2. The van der Waals surface area contributed by atoms with E-state index in [1.807, 2.05) is 6.92 Å². The average Bonchev–Trinajstić information content (AvgIpc) is 2.57. The van der Waals surface area contributed by atoms with Gasteiger partial charge in [-0.25, -0.2) is 8.42 Å². The molecule has 0 aliphatic rings. The normalized spacial score (nSPS) is 11.1. The van der Waals surface area contributed by atoms with Crippen molar-refractivity contribution in [3.63, 3.8) is 0 Å². The van der Waals surface area contributed by atoms with Crippen molar-refractivity contribution in [2.45, 2.75) is 13.8 Å². The lowest BCUT2D eigenvalue weighted by Crippen LogP contribution is -2.37. The monoisotopic (exact) mass is 396 g/mol. The minimum absolute atomic E-state index is 0.354. The van der Waals surface area contributed by atoms with Crippen LogP contribution in [0.3, 0.4) is 0 Å². The first kappa shape index (κ1) is 20.1. The topological polar surface area (TPSA) is 75.7 Å². The lowest BCUT2D eigenvalue weighted by Gasteiger charge is -2.24. The molecule has 8 heteroatoms. The predicted octanol–water partition coefficient (Wildman–Crippen LogP) is 3.45. The quantitative estimate of drug-likeness (QED) is 0.777. The molecule has 0 bridgehead atoms. The van der Waals surface area contributed by atoms with Crippen LogP contribution in [-0.4, -0.2) is 33.7 Å². The summed E-state index contributed by atoms with van der Waals surface area (Å²) in [5, 5.41) is 3.12. The first-order chi connectivity index (χ1) is 12.2. The number of nitrogens with zero attached hydrogens (tertiary/aromatic N) is 1. The second kappa shape index (κ2) is 8.42.